The third-order valence-electron chi connectivity index (χ3n) is 2.20. The van der Waals surface area contributed by atoms with Crippen molar-refractivity contribution in [3.63, 3.8) is 0 Å². The Morgan fingerprint density at radius 3 is 2.29 bits per heavy atom. The predicted octanol–water partition coefficient (Wildman–Crippen LogP) is 2.94. The number of carboxylic acid groups (broad SMARTS) is 1. The molecular weight excluding hydrogens is 290 g/mol. The molecule has 1 aromatic rings. The first kappa shape index (κ1) is 21.6. The molecule has 0 saturated heterocycles. The van der Waals surface area contributed by atoms with Crippen LogP contribution in [0.2, 0.25) is 0 Å². The molecule has 1 rings (SSSR count). The summed E-state index contributed by atoms with van der Waals surface area (Å²) in [6.07, 6.45) is 1.08. The zero-order valence-corrected chi connectivity index (χ0v) is 13.6. The second-order valence-electron chi connectivity index (χ2n) is 4.28. The van der Waals surface area contributed by atoms with Gasteiger partial charge in [0.1, 0.15) is 0 Å². The number of benzene rings is 1. The fraction of sp³-hybridized carbons (Fsp3) is 0.467. The van der Waals surface area contributed by atoms with Crippen molar-refractivity contribution in [2.45, 2.75) is 13.3 Å². The van der Waals surface area contributed by atoms with Crippen LogP contribution in [-0.4, -0.2) is 55.7 Å². The summed E-state index contributed by atoms with van der Waals surface area (Å²) in [6, 6.07) is 10.9. The van der Waals surface area contributed by atoms with E-state index in [1.54, 1.807) is 30.3 Å². The maximum atomic E-state index is 10.2. The Kier molecular flexibility index (Phi) is 15.2. The van der Waals surface area contributed by atoms with Gasteiger partial charge in [-0.15, -0.1) is 12.4 Å². The highest BCUT2D eigenvalue weighted by atomic mass is 35.5. The summed E-state index contributed by atoms with van der Waals surface area (Å²) in [5.41, 5.74) is 0.331. The van der Waals surface area contributed by atoms with Gasteiger partial charge in [0.2, 0.25) is 0 Å². The van der Waals surface area contributed by atoms with E-state index >= 15 is 0 Å². The number of aromatic carboxylic acids is 1. The molecule has 1 N–H and O–H groups in total. The minimum absolute atomic E-state index is 0. The number of hydrogen-bond acceptors (Lipinski definition) is 4. The van der Waals surface area contributed by atoms with Gasteiger partial charge in [-0.05, 0) is 46.1 Å². The summed E-state index contributed by atoms with van der Waals surface area (Å²) < 4.78 is 0. The molecule has 0 aromatic heterocycles. The zero-order valence-electron chi connectivity index (χ0n) is 12.8. The smallest absolute Gasteiger partial charge is 0.335 e. The lowest BCUT2D eigenvalue weighted by Gasteiger charge is -2.05. The van der Waals surface area contributed by atoms with Crippen molar-refractivity contribution in [3.8, 4) is 0 Å². The third kappa shape index (κ3) is 14.5. The highest BCUT2D eigenvalue weighted by molar-refractivity contribution is 5.87. The Hall–Kier alpha value is -1.68. The molecule has 0 amide bonds. The van der Waals surface area contributed by atoms with Crippen LogP contribution in [0.25, 0.3) is 0 Å². The molecule has 0 radical (unpaired) electrons. The van der Waals surface area contributed by atoms with Gasteiger partial charge in [-0.25, -0.2) is 14.8 Å². The molecule has 0 bridgehead atoms. The molecule has 1 aromatic carbocycles. The standard InChI is InChI=1S/C8H17N3.C7H6O2.ClH/c1-4-9-8-10-6-5-7-11(2)3;8-7(9)6-4-2-1-3-5-6;/h4-7H2,1-3H3;1-5H,(H,8,9);1H. The lowest BCUT2D eigenvalue weighted by Crippen LogP contribution is -2.13. The van der Waals surface area contributed by atoms with E-state index in [-0.39, 0.29) is 12.4 Å². The van der Waals surface area contributed by atoms with Crippen molar-refractivity contribution in [2.24, 2.45) is 9.98 Å². The molecule has 0 aliphatic rings. The molecule has 0 aliphatic heterocycles. The molecule has 6 heteroatoms. The second-order valence-corrected chi connectivity index (χ2v) is 4.28. The normalized spacial score (nSPS) is 8.76. The first-order chi connectivity index (χ1) is 9.57. The Morgan fingerprint density at radius 1 is 1.24 bits per heavy atom. The Morgan fingerprint density at radius 2 is 1.86 bits per heavy atom. The van der Waals surface area contributed by atoms with Gasteiger partial charge >= 0.3 is 5.97 Å². The molecule has 21 heavy (non-hydrogen) atoms. The fourth-order valence-electron chi connectivity index (χ4n) is 1.22. The minimum Gasteiger partial charge on any atom is -0.478 e. The Balaban J connectivity index is 0. The van der Waals surface area contributed by atoms with E-state index in [0.717, 1.165) is 26.1 Å². The maximum Gasteiger partial charge on any atom is 0.335 e. The highest BCUT2D eigenvalue weighted by Gasteiger charge is 1.96. The molecule has 0 heterocycles. The summed E-state index contributed by atoms with van der Waals surface area (Å²) in [4.78, 5) is 20.2. The first-order valence-electron chi connectivity index (χ1n) is 6.59. The SMILES string of the molecule is CCN=C=NCCCN(C)C.Cl.O=C(O)c1ccccc1. The minimum atomic E-state index is -0.879. The third-order valence-corrected chi connectivity index (χ3v) is 2.20. The van der Waals surface area contributed by atoms with E-state index in [0.29, 0.717) is 5.56 Å². The molecule has 118 valence electrons. The topological polar surface area (TPSA) is 65.3 Å². The van der Waals surface area contributed by atoms with Crippen LogP contribution < -0.4 is 0 Å². The largest absolute Gasteiger partial charge is 0.478 e. The van der Waals surface area contributed by atoms with E-state index in [1.807, 2.05) is 6.92 Å². The molecule has 0 fully saturated rings. The molecule has 0 aliphatic carbocycles. The summed E-state index contributed by atoms with van der Waals surface area (Å²) in [7, 11) is 4.12. The number of halogens is 1. The zero-order chi connectivity index (χ0) is 15.2. The summed E-state index contributed by atoms with van der Waals surface area (Å²) in [5, 5.41) is 8.38. The summed E-state index contributed by atoms with van der Waals surface area (Å²) >= 11 is 0. The lowest BCUT2D eigenvalue weighted by atomic mass is 10.2. The molecular formula is C15H24ClN3O2. The number of carbonyl (C=O) groups is 1. The van der Waals surface area contributed by atoms with Crippen molar-refractivity contribution in [3.05, 3.63) is 35.9 Å². The molecule has 0 saturated carbocycles. The Bertz CT molecular complexity index is 430. The maximum absolute atomic E-state index is 10.2. The average Bonchev–Trinajstić information content (AvgIpc) is 2.44. The number of nitrogens with zero attached hydrogens (tertiary/aromatic N) is 3. The van der Waals surface area contributed by atoms with Crippen molar-refractivity contribution < 1.29 is 9.90 Å². The molecule has 0 spiro atoms. The van der Waals surface area contributed by atoms with E-state index in [9.17, 15) is 4.79 Å². The highest BCUT2D eigenvalue weighted by Crippen LogP contribution is 1.96. The van der Waals surface area contributed by atoms with Crippen LogP contribution in [0.1, 0.15) is 23.7 Å². The monoisotopic (exact) mass is 313 g/mol. The van der Waals surface area contributed by atoms with E-state index in [4.69, 9.17) is 5.11 Å². The summed E-state index contributed by atoms with van der Waals surface area (Å²) in [5.74, 6) is -0.879. The van der Waals surface area contributed by atoms with Crippen molar-refractivity contribution >= 4 is 24.4 Å². The van der Waals surface area contributed by atoms with Gasteiger partial charge in [0.05, 0.1) is 18.1 Å². The van der Waals surface area contributed by atoms with Gasteiger partial charge in [-0.2, -0.15) is 0 Å². The Labute approximate surface area is 132 Å². The van der Waals surface area contributed by atoms with Gasteiger partial charge < -0.3 is 10.0 Å². The number of aliphatic imine (C=N–C) groups is 2. The number of hydrogen-bond donors (Lipinski definition) is 1. The van der Waals surface area contributed by atoms with Crippen molar-refractivity contribution in [2.75, 3.05) is 33.7 Å². The van der Waals surface area contributed by atoms with Crippen LogP contribution in [0.3, 0.4) is 0 Å². The quantitative estimate of drug-likeness (QED) is 0.648. The van der Waals surface area contributed by atoms with Crippen molar-refractivity contribution in [1.29, 1.82) is 0 Å². The average molecular weight is 314 g/mol. The van der Waals surface area contributed by atoms with E-state index < -0.39 is 5.97 Å². The molecule has 0 unspecified atom stereocenters. The van der Waals surface area contributed by atoms with Crippen LogP contribution in [0.4, 0.5) is 0 Å². The second kappa shape index (κ2) is 14.7. The number of rotatable bonds is 6. The van der Waals surface area contributed by atoms with Gasteiger partial charge in [0.15, 0.2) is 0 Å². The van der Waals surface area contributed by atoms with Crippen LogP contribution >= 0.6 is 12.4 Å². The molecule has 5 nitrogen and oxygen atoms in total. The van der Waals surface area contributed by atoms with E-state index in [2.05, 4.69) is 35.0 Å². The van der Waals surface area contributed by atoms with E-state index in [1.165, 1.54) is 0 Å². The molecule has 0 atom stereocenters. The van der Waals surface area contributed by atoms with Gasteiger partial charge in [-0.3, -0.25) is 0 Å². The van der Waals surface area contributed by atoms with Crippen LogP contribution in [0.15, 0.2) is 40.3 Å². The lowest BCUT2D eigenvalue weighted by molar-refractivity contribution is 0.0697. The van der Waals surface area contributed by atoms with Gasteiger partial charge in [0, 0.05) is 6.54 Å². The van der Waals surface area contributed by atoms with Crippen molar-refractivity contribution in [1.82, 2.24) is 4.90 Å². The number of carboxylic acids is 1. The van der Waals surface area contributed by atoms with Crippen LogP contribution in [-0.2, 0) is 0 Å². The van der Waals surface area contributed by atoms with Crippen LogP contribution in [0.5, 0.6) is 0 Å². The van der Waals surface area contributed by atoms with Gasteiger partial charge in [0.25, 0.3) is 0 Å². The van der Waals surface area contributed by atoms with Gasteiger partial charge in [-0.1, -0.05) is 18.2 Å². The van der Waals surface area contributed by atoms with Crippen LogP contribution in [0, 0.1) is 0 Å². The predicted molar refractivity (Wildman–Crippen MR) is 89.1 cm³/mol. The fourth-order valence-corrected chi connectivity index (χ4v) is 1.22. The first-order valence-corrected chi connectivity index (χ1v) is 6.59. The summed E-state index contributed by atoms with van der Waals surface area (Å²) in [6.45, 7) is 4.67.